The lowest BCUT2D eigenvalue weighted by atomic mass is 9.98. The summed E-state index contributed by atoms with van der Waals surface area (Å²) in [5.74, 6) is -2.25. The molecule has 0 saturated heterocycles. The van der Waals surface area contributed by atoms with E-state index in [0.717, 1.165) is 28.5 Å². The van der Waals surface area contributed by atoms with Crippen molar-refractivity contribution in [3.8, 4) is 11.1 Å². The Morgan fingerprint density at radius 2 is 1.61 bits per heavy atom. The Morgan fingerprint density at radius 1 is 1.03 bits per heavy atom. The first-order valence-electron chi connectivity index (χ1n) is 10.4. The number of nitrogens with one attached hydrogen (secondary N) is 2. The Labute approximate surface area is 192 Å². The first-order chi connectivity index (χ1) is 15.7. The van der Waals surface area contributed by atoms with Crippen molar-refractivity contribution in [1.82, 2.24) is 10.6 Å². The molecule has 0 fully saturated rings. The van der Waals surface area contributed by atoms with E-state index in [1.54, 1.807) is 0 Å². The zero-order valence-corrected chi connectivity index (χ0v) is 18.9. The third-order valence-corrected chi connectivity index (χ3v) is 6.34. The highest BCUT2D eigenvalue weighted by Gasteiger charge is 2.30. The maximum absolute atomic E-state index is 12.5. The molecule has 1 aliphatic carbocycles. The summed E-state index contributed by atoms with van der Waals surface area (Å²) in [5.41, 5.74) is 4.22. The van der Waals surface area contributed by atoms with Crippen LogP contribution in [0.3, 0.4) is 0 Å². The molecule has 1 unspecified atom stereocenters. The number of ether oxygens (including phenoxy) is 1. The zero-order valence-electron chi connectivity index (χ0n) is 18.1. The molecule has 2 amide bonds. The van der Waals surface area contributed by atoms with Gasteiger partial charge in [-0.1, -0.05) is 48.5 Å². The molecule has 2 aromatic carbocycles. The Balaban J connectivity index is 1.65. The first kappa shape index (κ1) is 24.2. The molecule has 1 aliphatic rings. The molecule has 176 valence electrons. The van der Waals surface area contributed by atoms with Gasteiger partial charge in [0.05, 0.1) is 12.2 Å². The third-order valence-electron chi connectivity index (χ3n) is 5.37. The second kappa shape index (κ2) is 10.5. The van der Waals surface area contributed by atoms with Crippen LogP contribution < -0.4 is 10.6 Å². The van der Waals surface area contributed by atoms with E-state index in [2.05, 4.69) is 10.6 Å². The van der Waals surface area contributed by atoms with Crippen molar-refractivity contribution in [2.45, 2.75) is 24.8 Å². The van der Waals surface area contributed by atoms with E-state index in [4.69, 9.17) is 9.84 Å². The monoisotopic (exact) mass is 474 g/mol. The summed E-state index contributed by atoms with van der Waals surface area (Å²) in [7, 11) is -3.38. The first-order valence-corrected chi connectivity index (χ1v) is 12.5. The van der Waals surface area contributed by atoms with Gasteiger partial charge in [0.2, 0.25) is 5.91 Å². The van der Waals surface area contributed by atoms with Crippen LogP contribution in [0.15, 0.2) is 48.5 Å². The zero-order chi connectivity index (χ0) is 24.0. The van der Waals surface area contributed by atoms with Crippen LogP contribution >= 0.6 is 0 Å². The molecule has 3 N–H and O–H groups in total. The lowest BCUT2D eigenvalue weighted by Gasteiger charge is -2.19. The summed E-state index contributed by atoms with van der Waals surface area (Å²) in [4.78, 5) is 35.5. The Bertz CT molecular complexity index is 1100. The Hall–Kier alpha value is -3.40. The van der Waals surface area contributed by atoms with Gasteiger partial charge in [-0.15, -0.1) is 0 Å². The molecule has 0 aliphatic heterocycles. The second-order valence-electron chi connectivity index (χ2n) is 7.88. The van der Waals surface area contributed by atoms with Crippen LogP contribution in [-0.4, -0.2) is 62.7 Å². The van der Waals surface area contributed by atoms with Gasteiger partial charge in [0, 0.05) is 18.7 Å². The smallest absolute Gasteiger partial charge is 0.407 e. The van der Waals surface area contributed by atoms with E-state index in [1.807, 2.05) is 48.5 Å². The number of benzene rings is 2. The van der Waals surface area contributed by atoms with Crippen LogP contribution in [0.25, 0.3) is 11.1 Å². The van der Waals surface area contributed by atoms with Crippen LogP contribution in [-0.2, 0) is 24.2 Å². The van der Waals surface area contributed by atoms with Crippen LogP contribution in [0.2, 0.25) is 0 Å². The molecule has 0 heterocycles. The van der Waals surface area contributed by atoms with Gasteiger partial charge in [-0.2, -0.15) is 0 Å². The van der Waals surface area contributed by atoms with Gasteiger partial charge in [0.1, 0.15) is 22.5 Å². The van der Waals surface area contributed by atoms with Gasteiger partial charge >= 0.3 is 12.1 Å². The van der Waals surface area contributed by atoms with Crippen molar-refractivity contribution in [2.24, 2.45) is 0 Å². The quantitative estimate of drug-likeness (QED) is 0.478. The van der Waals surface area contributed by atoms with Gasteiger partial charge in [0.25, 0.3) is 0 Å². The van der Waals surface area contributed by atoms with Crippen LogP contribution in [0.4, 0.5) is 4.79 Å². The topological polar surface area (TPSA) is 139 Å². The van der Waals surface area contributed by atoms with E-state index in [0.29, 0.717) is 0 Å². The number of hydrogen-bond donors (Lipinski definition) is 3. The number of alkyl carbamates (subject to hydrolysis) is 1. The number of sulfone groups is 1. The minimum absolute atomic E-state index is 0.0410. The predicted octanol–water partition coefficient (Wildman–Crippen LogP) is 1.92. The maximum Gasteiger partial charge on any atom is 0.407 e. The van der Waals surface area contributed by atoms with Gasteiger partial charge < -0.3 is 20.5 Å². The van der Waals surface area contributed by atoms with E-state index in [1.165, 1.54) is 0 Å². The normalized spacial score (nSPS) is 13.5. The van der Waals surface area contributed by atoms with Crippen LogP contribution in [0.5, 0.6) is 0 Å². The maximum atomic E-state index is 12.5. The van der Waals surface area contributed by atoms with Crippen molar-refractivity contribution in [1.29, 1.82) is 0 Å². The highest BCUT2D eigenvalue weighted by molar-refractivity contribution is 7.90. The standard InChI is InChI=1S/C23H26N2O7S/c1-33(30,31)13-11-20(22(28)24-12-10-21(26)27)25-23(29)32-14-19-17-8-4-2-6-15(17)16-7-3-5-9-18(16)19/h2-9,19-20H,10-14H2,1H3,(H,24,28)(H,25,29)(H,26,27). The minimum Gasteiger partial charge on any atom is -0.481 e. The van der Waals surface area contributed by atoms with Crippen molar-refractivity contribution in [2.75, 3.05) is 25.2 Å². The number of carbonyl (C=O) groups is 3. The molecule has 0 radical (unpaired) electrons. The molecule has 0 saturated carbocycles. The second-order valence-corrected chi connectivity index (χ2v) is 10.1. The number of hydrogen-bond acceptors (Lipinski definition) is 6. The Kier molecular flexibility index (Phi) is 7.70. The van der Waals surface area contributed by atoms with Gasteiger partial charge in [-0.05, 0) is 28.7 Å². The fraction of sp³-hybridized carbons (Fsp3) is 0.348. The van der Waals surface area contributed by atoms with E-state index >= 15 is 0 Å². The van der Waals surface area contributed by atoms with Crippen molar-refractivity contribution in [3.63, 3.8) is 0 Å². The molecule has 3 rings (SSSR count). The highest BCUT2D eigenvalue weighted by Crippen LogP contribution is 2.44. The number of rotatable bonds is 10. The van der Waals surface area contributed by atoms with Gasteiger partial charge in [-0.3, -0.25) is 9.59 Å². The summed E-state index contributed by atoms with van der Waals surface area (Å²) in [6.07, 6.45) is -0.291. The molecule has 0 spiro atoms. The van der Waals surface area contributed by atoms with Crippen LogP contribution in [0.1, 0.15) is 29.9 Å². The number of carbonyl (C=O) groups excluding carboxylic acids is 2. The molecule has 33 heavy (non-hydrogen) atoms. The van der Waals surface area contributed by atoms with Gasteiger partial charge in [-0.25, -0.2) is 13.2 Å². The van der Waals surface area contributed by atoms with Crippen molar-refractivity contribution in [3.05, 3.63) is 59.7 Å². The summed E-state index contributed by atoms with van der Waals surface area (Å²) < 4.78 is 28.5. The predicted molar refractivity (Wildman–Crippen MR) is 122 cm³/mol. The average molecular weight is 475 g/mol. The molecule has 2 aromatic rings. The summed E-state index contributed by atoms with van der Waals surface area (Å²) in [5, 5.41) is 13.5. The largest absolute Gasteiger partial charge is 0.481 e. The summed E-state index contributed by atoms with van der Waals surface area (Å²) in [6.45, 7) is -0.102. The fourth-order valence-corrected chi connectivity index (χ4v) is 4.46. The SMILES string of the molecule is CS(=O)(=O)CCC(NC(=O)OCC1c2ccccc2-c2ccccc21)C(=O)NCCC(=O)O. The average Bonchev–Trinajstić information content (AvgIpc) is 3.08. The molecule has 0 bridgehead atoms. The summed E-state index contributed by atoms with van der Waals surface area (Å²) >= 11 is 0. The molecule has 0 aromatic heterocycles. The molecular formula is C23H26N2O7S. The van der Waals surface area contributed by atoms with Crippen molar-refractivity contribution < 1.29 is 32.6 Å². The van der Waals surface area contributed by atoms with Crippen molar-refractivity contribution >= 4 is 27.8 Å². The number of aliphatic carboxylic acids is 1. The molecule has 10 heteroatoms. The highest BCUT2D eigenvalue weighted by atomic mass is 32.2. The summed E-state index contributed by atoms with van der Waals surface area (Å²) in [6, 6.07) is 14.5. The number of fused-ring (bicyclic) bond motifs is 3. The van der Waals surface area contributed by atoms with E-state index in [-0.39, 0.29) is 37.7 Å². The van der Waals surface area contributed by atoms with E-state index in [9.17, 15) is 22.8 Å². The number of carboxylic acid groups (broad SMARTS) is 1. The Morgan fingerprint density at radius 3 is 2.15 bits per heavy atom. The minimum atomic E-state index is -3.38. The third kappa shape index (κ3) is 6.55. The molecule has 9 nitrogen and oxygen atoms in total. The number of amides is 2. The molecule has 1 atom stereocenters. The molecular weight excluding hydrogens is 448 g/mol. The van der Waals surface area contributed by atoms with Gasteiger partial charge in [0.15, 0.2) is 0 Å². The van der Waals surface area contributed by atoms with E-state index < -0.39 is 33.8 Å². The lowest BCUT2D eigenvalue weighted by Crippen LogP contribution is -2.48. The lowest BCUT2D eigenvalue weighted by molar-refractivity contribution is -0.137. The number of carboxylic acids is 1. The fourth-order valence-electron chi connectivity index (χ4n) is 3.80. The van der Waals surface area contributed by atoms with Crippen LogP contribution in [0, 0.1) is 0 Å².